The number of piperazine rings is 1. The number of hydrogen-bond acceptors (Lipinski definition) is 2. The van der Waals surface area contributed by atoms with E-state index in [1.165, 1.54) is 13.1 Å². The van der Waals surface area contributed by atoms with Crippen molar-refractivity contribution in [1.29, 1.82) is 0 Å². The Morgan fingerprint density at radius 1 is 0.889 bits per heavy atom. The van der Waals surface area contributed by atoms with Gasteiger partial charge in [0.2, 0.25) is 0 Å². The molecule has 18 heavy (non-hydrogen) atoms. The summed E-state index contributed by atoms with van der Waals surface area (Å²) < 4.78 is 47.9. The van der Waals surface area contributed by atoms with Crippen molar-refractivity contribution in [3.63, 3.8) is 0 Å². The molecule has 1 N–H and O–H groups in total. The third-order valence-electron chi connectivity index (χ3n) is 2.30. The van der Waals surface area contributed by atoms with Crippen molar-refractivity contribution in [2.45, 2.75) is 7.43 Å². The molecule has 0 aromatic heterocycles. The molecule has 104 valence electrons. The summed E-state index contributed by atoms with van der Waals surface area (Å²) in [6.45, 7) is 4.74. The first kappa shape index (κ1) is 16.9. The van der Waals surface area contributed by atoms with Gasteiger partial charge in [0.15, 0.2) is 23.3 Å². The fourth-order valence-corrected chi connectivity index (χ4v) is 1.27. The van der Waals surface area contributed by atoms with Crippen molar-refractivity contribution < 1.29 is 17.6 Å². The Bertz CT molecular complexity index is 315. The molecule has 1 fully saturated rings. The molecular weight excluding hydrogens is 248 g/mol. The summed E-state index contributed by atoms with van der Waals surface area (Å²) in [6, 6.07) is 0.315. The van der Waals surface area contributed by atoms with E-state index in [-0.39, 0.29) is 19.6 Å². The molecule has 0 saturated carbocycles. The number of rotatable bonds is 0. The van der Waals surface area contributed by atoms with Gasteiger partial charge in [-0.3, -0.25) is 0 Å². The lowest BCUT2D eigenvalue weighted by atomic mass is 10.3. The molecule has 0 amide bonds. The Kier molecular flexibility index (Phi) is 7.54. The molecule has 0 bridgehead atoms. The molecule has 1 heterocycles. The van der Waals surface area contributed by atoms with Crippen LogP contribution in [-0.2, 0) is 0 Å². The number of nitrogens with zero attached hydrogens (tertiary/aromatic N) is 1. The zero-order chi connectivity index (χ0) is 12.8. The monoisotopic (exact) mass is 266 g/mol. The fourth-order valence-electron chi connectivity index (χ4n) is 1.27. The van der Waals surface area contributed by atoms with Crippen LogP contribution in [-0.4, -0.2) is 38.1 Å². The summed E-state index contributed by atoms with van der Waals surface area (Å²) in [6.07, 6.45) is 0. The summed E-state index contributed by atoms with van der Waals surface area (Å²) in [5.74, 6) is -5.56. The SMILES string of the molecule is C.CN1CCNCC1.Fc1cc(F)c(F)cc1F. The lowest BCUT2D eigenvalue weighted by molar-refractivity contribution is 0.291. The van der Waals surface area contributed by atoms with Crippen molar-refractivity contribution in [3.05, 3.63) is 35.4 Å². The Hall–Kier alpha value is -1.14. The van der Waals surface area contributed by atoms with E-state index in [0.717, 1.165) is 13.1 Å². The second-order valence-electron chi connectivity index (χ2n) is 3.73. The van der Waals surface area contributed by atoms with Crippen molar-refractivity contribution in [3.8, 4) is 0 Å². The van der Waals surface area contributed by atoms with Crippen LogP contribution in [0.5, 0.6) is 0 Å². The molecule has 0 aliphatic carbocycles. The summed E-state index contributed by atoms with van der Waals surface area (Å²) in [7, 11) is 2.15. The Balaban J connectivity index is 0.000000321. The number of benzene rings is 1. The molecule has 0 atom stereocenters. The summed E-state index contributed by atoms with van der Waals surface area (Å²) in [5.41, 5.74) is 0. The smallest absolute Gasteiger partial charge is 0.161 e. The molecule has 1 saturated heterocycles. The van der Waals surface area contributed by atoms with Gasteiger partial charge >= 0.3 is 0 Å². The Morgan fingerprint density at radius 3 is 1.44 bits per heavy atom. The summed E-state index contributed by atoms with van der Waals surface area (Å²) in [4.78, 5) is 2.33. The zero-order valence-electron chi connectivity index (χ0n) is 9.44. The maximum Gasteiger partial charge on any atom is 0.161 e. The molecule has 0 radical (unpaired) electrons. The molecular formula is C12H18F4N2. The minimum Gasteiger partial charge on any atom is -0.314 e. The average molecular weight is 266 g/mol. The van der Waals surface area contributed by atoms with Crippen molar-refractivity contribution in [2.24, 2.45) is 0 Å². The van der Waals surface area contributed by atoms with Crippen molar-refractivity contribution >= 4 is 0 Å². The predicted molar refractivity (Wildman–Crippen MR) is 63.4 cm³/mol. The minimum absolute atomic E-state index is 0. The third-order valence-corrected chi connectivity index (χ3v) is 2.30. The Morgan fingerprint density at radius 2 is 1.22 bits per heavy atom. The predicted octanol–water partition coefficient (Wildman–Crippen LogP) is 2.40. The topological polar surface area (TPSA) is 15.3 Å². The quantitative estimate of drug-likeness (QED) is 0.573. The lowest BCUT2D eigenvalue weighted by Crippen LogP contribution is -2.40. The average Bonchev–Trinajstić information content (AvgIpc) is 2.28. The molecule has 0 unspecified atom stereocenters. The van der Waals surface area contributed by atoms with Gasteiger partial charge in [0.1, 0.15) is 0 Å². The van der Waals surface area contributed by atoms with Crippen LogP contribution in [0.3, 0.4) is 0 Å². The van der Waals surface area contributed by atoms with E-state index >= 15 is 0 Å². The van der Waals surface area contributed by atoms with Gasteiger partial charge in [0.25, 0.3) is 0 Å². The minimum atomic E-state index is -1.39. The normalized spacial score (nSPS) is 15.4. The van der Waals surface area contributed by atoms with Gasteiger partial charge in [-0.25, -0.2) is 17.6 Å². The van der Waals surface area contributed by atoms with Crippen LogP contribution in [0.4, 0.5) is 17.6 Å². The second kappa shape index (κ2) is 8.05. The highest BCUT2D eigenvalue weighted by Crippen LogP contribution is 2.11. The van der Waals surface area contributed by atoms with E-state index < -0.39 is 23.3 Å². The Labute approximate surface area is 105 Å². The van der Waals surface area contributed by atoms with Gasteiger partial charge in [-0.15, -0.1) is 0 Å². The zero-order valence-corrected chi connectivity index (χ0v) is 9.44. The molecule has 0 spiro atoms. The summed E-state index contributed by atoms with van der Waals surface area (Å²) >= 11 is 0. The van der Waals surface area contributed by atoms with Crippen LogP contribution in [0.2, 0.25) is 0 Å². The molecule has 2 nitrogen and oxygen atoms in total. The highest BCUT2D eigenvalue weighted by molar-refractivity contribution is 5.10. The molecule has 1 aromatic carbocycles. The number of hydrogen-bond donors (Lipinski definition) is 1. The first-order chi connectivity index (χ1) is 8.00. The molecule has 1 aliphatic heterocycles. The largest absolute Gasteiger partial charge is 0.314 e. The molecule has 1 aromatic rings. The number of likely N-dealkylation sites (N-methyl/N-ethyl adjacent to an activating group) is 1. The van der Waals surface area contributed by atoms with Crippen molar-refractivity contribution in [1.82, 2.24) is 10.2 Å². The molecule has 2 rings (SSSR count). The van der Waals surface area contributed by atoms with E-state index in [4.69, 9.17) is 0 Å². The fraction of sp³-hybridized carbons (Fsp3) is 0.500. The van der Waals surface area contributed by atoms with Gasteiger partial charge in [-0.05, 0) is 7.05 Å². The van der Waals surface area contributed by atoms with E-state index in [1.807, 2.05) is 0 Å². The van der Waals surface area contributed by atoms with Crippen LogP contribution < -0.4 is 5.32 Å². The molecule has 6 heteroatoms. The first-order valence-electron chi connectivity index (χ1n) is 5.20. The highest BCUT2D eigenvalue weighted by atomic mass is 19.2. The van der Waals surface area contributed by atoms with Gasteiger partial charge < -0.3 is 10.2 Å². The summed E-state index contributed by atoms with van der Waals surface area (Å²) in [5, 5.41) is 3.27. The van der Waals surface area contributed by atoms with Crippen LogP contribution in [0.25, 0.3) is 0 Å². The van der Waals surface area contributed by atoms with Crippen LogP contribution in [0, 0.1) is 23.3 Å². The van der Waals surface area contributed by atoms with E-state index in [2.05, 4.69) is 17.3 Å². The van der Waals surface area contributed by atoms with Crippen LogP contribution in [0.1, 0.15) is 7.43 Å². The lowest BCUT2D eigenvalue weighted by Gasteiger charge is -2.21. The molecule has 1 aliphatic rings. The second-order valence-corrected chi connectivity index (χ2v) is 3.73. The van der Waals surface area contributed by atoms with Crippen LogP contribution in [0.15, 0.2) is 12.1 Å². The third kappa shape index (κ3) is 5.46. The van der Waals surface area contributed by atoms with Crippen molar-refractivity contribution in [2.75, 3.05) is 33.2 Å². The highest BCUT2D eigenvalue weighted by Gasteiger charge is 2.07. The number of halogens is 4. The van der Waals surface area contributed by atoms with E-state index in [1.54, 1.807) is 0 Å². The van der Waals surface area contributed by atoms with E-state index in [9.17, 15) is 17.6 Å². The van der Waals surface area contributed by atoms with E-state index in [0.29, 0.717) is 0 Å². The van der Waals surface area contributed by atoms with Gasteiger partial charge in [0.05, 0.1) is 0 Å². The van der Waals surface area contributed by atoms with Gasteiger partial charge in [-0.1, -0.05) is 7.43 Å². The first-order valence-corrected chi connectivity index (χ1v) is 5.20. The maximum absolute atomic E-state index is 12.0. The van der Waals surface area contributed by atoms with Crippen LogP contribution >= 0.6 is 0 Å². The van der Waals surface area contributed by atoms with Gasteiger partial charge in [-0.2, -0.15) is 0 Å². The number of nitrogens with one attached hydrogen (secondary N) is 1. The maximum atomic E-state index is 12.0. The van der Waals surface area contributed by atoms with Gasteiger partial charge in [0, 0.05) is 38.3 Å². The standard InChI is InChI=1S/C6H2F4.C5H12N2.CH4/c7-3-1-4(8)6(10)2-5(3)9;1-7-4-2-6-3-5-7;/h1-2H;6H,2-5H2,1H3;1H4.